The van der Waals surface area contributed by atoms with Gasteiger partial charge in [-0.2, -0.15) is 4.31 Å². The second-order valence-corrected chi connectivity index (χ2v) is 8.87. The van der Waals surface area contributed by atoms with Crippen molar-refractivity contribution in [2.24, 2.45) is 7.05 Å². The van der Waals surface area contributed by atoms with Crippen LogP contribution in [0.2, 0.25) is 0 Å². The van der Waals surface area contributed by atoms with Crippen molar-refractivity contribution in [3.05, 3.63) is 60.6 Å². The van der Waals surface area contributed by atoms with E-state index in [1.807, 2.05) is 42.5 Å². The third-order valence-electron chi connectivity index (χ3n) is 5.02. The van der Waals surface area contributed by atoms with Crippen molar-refractivity contribution >= 4 is 26.7 Å². The minimum absolute atomic E-state index is 0.0457. The first-order valence-corrected chi connectivity index (χ1v) is 10.7. The number of rotatable bonds is 3. The molecule has 2 heterocycles. The molecule has 1 fully saturated rings. The molecule has 0 unspecified atom stereocenters. The first-order chi connectivity index (χ1) is 13.4. The van der Waals surface area contributed by atoms with Gasteiger partial charge in [-0.3, -0.25) is 4.79 Å². The number of benzene rings is 2. The molecule has 3 aromatic rings. The number of hydrogen-bond acceptors (Lipinski definition) is 4. The van der Waals surface area contributed by atoms with Gasteiger partial charge in [-0.1, -0.05) is 30.3 Å². The van der Waals surface area contributed by atoms with Crippen LogP contribution in [0.25, 0.3) is 10.8 Å². The fourth-order valence-corrected chi connectivity index (χ4v) is 4.93. The fourth-order valence-electron chi connectivity index (χ4n) is 3.50. The Morgan fingerprint density at radius 3 is 2.54 bits per heavy atom. The van der Waals surface area contributed by atoms with Crippen LogP contribution in [0.5, 0.6) is 0 Å². The topological polar surface area (TPSA) is 75.5 Å². The van der Waals surface area contributed by atoms with Gasteiger partial charge in [0.15, 0.2) is 5.03 Å². The molecule has 0 atom stereocenters. The molecule has 1 aliphatic rings. The lowest BCUT2D eigenvalue weighted by molar-refractivity contribution is 0.0764. The van der Waals surface area contributed by atoms with Crippen LogP contribution in [0, 0.1) is 0 Å². The standard InChI is InChI=1S/C20H22N4O3S/c1-22-14-19(21-15-22)28(26,27)24-10-4-9-23(11-12-24)20(25)18-8-7-16-5-2-3-6-17(16)13-18/h2-3,5-8,13-15H,4,9-12H2,1H3. The van der Waals surface area contributed by atoms with E-state index in [1.165, 1.54) is 16.8 Å². The average Bonchev–Trinajstić information content (AvgIpc) is 2.99. The summed E-state index contributed by atoms with van der Waals surface area (Å²) in [5, 5.41) is 2.15. The fraction of sp³-hybridized carbons (Fsp3) is 0.300. The third-order valence-corrected chi connectivity index (χ3v) is 6.81. The van der Waals surface area contributed by atoms with E-state index in [0.717, 1.165) is 10.8 Å². The summed E-state index contributed by atoms with van der Waals surface area (Å²) in [4.78, 5) is 18.7. The van der Waals surface area contributed by atoms with Gasteiger partial charge in [-0.05, 0) is 29.3 Å². The highest BCUT2D eigenvalue weighted by atomic mass is 32.2. The van der Waals surface area contributed by atoms with Gasteiger partial charge in [0, 0.05) is 45.0 Å². The molecule has 146 valence electrons. The Morgan fingerprint density at radius 1 is 1.00 bits per heavy atom. The maximum atomic E-state index is 13.0. The van der Waals surface area contributed by atoms with Crippen LogP contribution in [-0.2, 0) is 17.1 Å². The number of amides is 1. The minimum atomic E-state index is -3.64. The Hall–Kier alpha value is -2.71. The van der Waals surface area contributed by atoms with Crippen molar-refractivity contribution < 1.29 is 13.2 Å². The molecule has 0 spiro atoms. The molecule has 0 aliphatic carbocycles. The molecule has 1 aromatic heterocycles. The second kappa shape index (κ2) is 7.37. The van der Waals surface area contributed by atoms with Crippen molar-refractivity contribution in [1.82, 2.24) is 18.8 Å². The van der Waals surface area contributed by atoms with Gasteiger partial charge >= 0.3 is 0 Å². The van der Waals surface area contributed by atoms with E-state index in [1.54, 1.807) is 16.5 Å². The summed E-state index contributed by atoms with van der Waals surface area (Å²) >= 11 is 0. The van der Waals surface area contributed by atoms with E-state index in [0.29, 0.717) is 31.6 Å². The van der Waals surface area contributed by atoms with Gasteiger partial charge in [0.1, 0.15) is 0 Å². The van der Waals surface area contributed by atoms with Crippen molar-refractivity contribution in [3.8, 4) is 0 Å². The van der Waals surface area contributed by atoms with Crippen LogP contribution in [0.3, 0.4) is 0 Å². The lowest BCUT2D eigenvalue weighted by atomic mass is 10.1. The summed E-state index contributed by atoms with van der Waals surface area (Å²) in [7, 11) is -1.91. The van der Waals surface area contributed by atoms with Crippen LogP contribution in [0.1, 0.15) is 16.8 Å². The molecule has 1 amide bonds. The number of aryl methyl sites for hydroxylation is 1. The van der Waals surface area contributed by atoms with Crippen LogP contribution >= 0.6 is 0 Å². The van der Waals surface area contributed by atoms with Gasteiger partial charge < -0.3 is 9.47 Å². The number of carbonyl (C=O) groups is 1. The number of fused-ring (bicyclic) bond motifs is 1. The van der Waals surface area contributed by atoms with Gasteiger partial charge in [-0.25, -0.2) is 13.4 Å². The van der Waals surface area contributed by atoms with E-state index < -0.39 is 10.0 Å². The summed E-state index contributed by atoms with van der Waals surface area (Å²) in [5.74, 6) is -0.0668. The largest absolute Gasteiger partial charge is 0.339 e. The summed E-state index contributed by atoms with van der Waals surface area (Å²) in [5.41, 5.74) is 0.625. The Labute approximate surface area is 164 Å². The van der Waals surface area contributed by atoms with Gasteiger partial charge in [0.2, 0.25) is 0 Å². The first-order valence-electron chi connectivity index (χ1n) is 9.21. The van der Waals surface area contributed by atoms with Crippen LogP contribution in [0.15, 0.2) is 60.0 Å². The highest BCUT2D eigenvalue weighted by Gasteiger charge is 2.30. The zero-order valence-corrected chi connectivity index (χ0v) is 16.5. The molecule has 1 saturated heterocycles. The number of aromatic nitrogens is 2. The molecule has 0 saturated carbocycles. The summed E-state index contributed by atoms with van der Waals surface area (Å²) < 4.78 is 28.6. The summed E-state index contributed by atoms with van der Waals surface area (Å²) in [6.45, 7) is 1.52. The van der Waals surface area contributed by atoms with Crippen molar-refractivity contribution in [2.75, 3.05) is 26.2 Å². The average molecular weight is 398 g/mol. The summed E-state index contributed by atoms with van der Waals surface area (Å²) in [6.07, 6.45) is 3.56. The van der Waals surface area contributed by atoms with Crippen LogP contribution in [-0.4, -0.2) is 59.3 Å². The third kappa shape index (κ3) is 3.53. The quantitative estimate of drug-likeness (QED) is 0.677. The lowest BCUT2D eigenvalue weighted by Crippen LogP contribution is -2.37. The highest BCUT2D eigenvalue weighted by molar-refractivity contribution is 7.89. The van der Waals surface area contributed by atoms with E-state index >= 15 is 0 Å². The van der Waals surface area contributed by atoms with E-state index in [-0.39, 0.29) is 17.5 Å². The van der Waals surface area contributed by atoms with Gasteiger partial charge in [-0.15, -0.1) is 0 Å². The number of hydrogen-bond donors (Lipinski definition) is 0. The molecule has 1 aliphatic heterocycles. The number of sulfonamides is 1. The number of carbonyl (C=O) groups excluding carboxylic acids is 1. The maximum absolute atomic E-state index is 13.0. The van der Waals surface area contributed by atoms with Crippen molar-refractivity contribution in [2.45, 2.75) is 11.4 Å². The second-order valence-electron chi connectivity index (χ2n) is 6.99. The van der Waals surface area contributed by atoms with Crippen LogP contribution < -0.4 is 0 Å². The molecule has 0 bridgehead atoms. The Bertz CT molecular complexity index is 1120. The number of imidazole rings is 1. The van der Waals surface area contributed by atoms with E-state index in [2.05, 4.69) is 4.98 Å². The van der Waals surface area contributed by atoms with Gasteiger partial charge in [0.25, 0.3) is 15.9 Å². The molecular weight excluding hydrogens is 376 g/mol. The summed E-state index contributed by atoms with van der Waals surface area (Å²) in [6, 6.07) is 13.6. The molecule has 7 nitrogen and oxygen atoms in total. The van der Waals surface area contributed by atoms with E-state index in [9.17, 15) is 13.2 Å². The molecule has 0 N–H and O–H groups in total. The molecule has 4 rings (SSSR count). The minimum Gasteiger partial charge on any atom is -0.339 e. The zero-order chi connectivity index (χ0) is 19.7. The molecule has 28 heavy (non-hydrogen) atoms. The zero-order valence-electron chi connectivity index (χ0n) is 15.7. The van der Waals surface area contributed by atoms with E-state index in [4.69, 9.17) is 0 Å². The van der Waals surface area contributed by atoms with Gasteiger partial charge in [0.05, 0.1) is 6.33 Å². The SMILES string of the molecule is Cn1cnc(S(=O)(=O)N2CCCN(C(=O)c3ccc4ccccc4c3)CC2)c1. The molecular formula is C20H22N4O3S. The monoisotopic (exact) mass is 398 g/mol. The molecule has 0 radical (unpaired) electrons. The highest BCUT2D eigenvalue weighted by Crippen LogP contribution is 2.19. The smallest absolute Gasteiger partial charge is 0.262 e. The Kier molecular flexibility index (Phi) is 4.91. The van der Waals surface area contributed by atoms with Crippen molar-refractivity contribution in [3.63, 3.8) is 0 Å². The maximum Gasteiger partial charge on any atom is 0.262 e. The Morgan fingerprint density at radius 2 is 1.79 bits per heavy atom. The first kappa shape index (κ1) is 18.6. The Balaban J connectivity index is 1.51. The molecule has 8 heteroatoms. The predicted octanol–water partition coefficient (Wildman–Crippen LogP) is 2.11. The van der Waals surface area contributed by atoms with Crippen LogP contribution in [0.4, 0.5) is 0 Å². The lowest BCUT2D eigenvalue weighted by Gasteiger charge is -2.21. The predicted molar refractivity (Wildman–Crippen MR) is 106 cm³/mol. The number of nitrogens with zero attached hydrogens (tertiary/aromatic N) is 4. The molecule has 2 aromatic carbocycles. The normalized spacial score (nSPS) is 16.2. The van der Waals surface area contributed by atoms with Crippen molar-refractivity contribution in [1.29, 1.82) is 0 Å².